The van der Waals surface area contributed by atoms with Crippen LogP contribution in [0.1, 0.15) is 62.9 Å². The van der Waals surface area contributed by atoms with Gasteiger partial charge in [0.05, 0.1) is 11.1 Å². The molecule has 0 saturated heterocycles. The molecule has 4 rings (SSSR count). The summed E-state index contributed by atoms with van der Waals surface area (Å²) in [5, 5.41) is 2.89. The number of rotatable bonds is 7. The van der Waals surface area contributed by atoms with Crippen LogP contribution < -0.4 is 5.32 Å². The molecule has 1 unspecified atom stereocenters. The number of benzene rings is 3. The third kappa shape index (κ3) is 5.01. The van der Waals surface area contributed by atoms with Crippen LogP contribution >= 0.6 is 0 Å². The van der Waals surface area contributed by atoms with Crippen LogP contribution in [0.25, 0.3) is 0 Å². The Kier molecular flexibility index (Phi) is 7.07. The fourth-order valence-electron chi connectivity index (χ4n) is 4.17. The predicted octanol–water partition coefficient (Wildman–Crippen LogP) is 5.06. The fourth-order valence-corrected chi connectivity index (χ4v) is 4.17. The van der Waals surface area contributed by atoms with Crippen LogP contribution in [0, 0.1) is 0 Å². The van der Waals surface area contributed by atoms with Gasteiger partial charge < -0.3 is 14.8 Å². The summed E-state index contributed by atoms with van der Waals surface area (Å²) in [6, 6.07) is 20.1. The van der Waals surface area contributed by atoms with Crippen molar-refractivity contribution in [2.24, 2.45) is 0 Å². The van der Waals surface area contributed by atoms with Gasteiger partial charge in [0.25, 0.3) is 5.91 Å². The standard InChI is InChI=1S/C28H27NO5/c1-3-18-11-8-12-19(4-2)26(18)29-25(30)17-33-27(31)21-13-14-23-22(15-21)16-24(34-28(23)32)20-9-6-5-7-10-20/h5-15,24H,3-4,16-17H2,1-2H3,(H,29,30). The maximum absolute atomic E-state index is 12.6. The van der Waals surface area contributed by atoms with Crippen LogP contribution in [0.4, 0.5) is 5.69 Å². The summed E-state index contributed by atoms with van der Waals surface area (Å²) in [4.78, 5) is 37.6. The summed E-state index contributed by atoms with van der Waals surface area (Å²) >= 11 is 0. The molecule has 0 aliphatic carbocycles. The van der Waals surface area contributed by atoms with E-state index in [-0.39, 0.29) is 5.56 Å². The van der Waals surface area contributed by atoms with Crippen molar-refractivity contribution in [3.05, 3.63) is 100 Å². The van der Waals surface area contributed by atoms with Gasteiger partial charge in [0.15, 0.2) is 6.61 Å². The largest absolute Gasteiger partial charge is 0.454 e. The molecule has 1 atom stereocenters. The maximum atomic E-state index is 12.6. The Morgan fingerprint density at radius 2 is 1.68 bits per heavy atom. The van der Waals surface area contributed by atoms with E-state index < -0.39 is 30.6 Å². The van der Waals surface area contributed by atoms with Gasteiger partial charge in [-0.2, -0.15) is 0 Å². The van der Waals surface area contributed by atoms with Crippen LogP contribution in [-0.4, -0.2) is 24.5 Å². The topological polar surface area (TPSA) is 81.7 Å². The van der Waals surface area contributed by atoms with Crippen LogP contribution in [-0.2, 0) is 33.5 Å². The second-order valence-corrected chi connectivity index (χ2v) is 8.16. The minimum Gasteiger partial charge on any atom is -0.454 e. The number of hydrogen-bond acceptors (Lipinski definition) is 5. The third-order valence-corrected chi connectivity index (χ3v) is 5.98. The van der Waals surface area contributed by atoms with Gasteiger partial charge >= 0.3 is 11.9 Å². The molecule has 0 bridgehead atoms. The van der Waals surface area contributed by atoms with E-state index in [0.29, 0.717) is 17.5 Å². The molecule has 0 radical (unpaired) electrons. The summed E-state index contributed by atoms with van der Waals surface area (Å²) in [7, 11) is 0. The maximum Gasteiger partial charge on any atom is 0.339 e. The number of aryl methyl sites for hydroxylation is 2. The Morgan fingerprint density at radius 3 is 2.35 bits per heavy atom. The second-order valence-electron chi connectivity index (χ2n) is 8.16. The van der Waals surface area contributed by atoms with E-state index in [0.717, 1.165) is 35.2 Å². The van der Waals surface area contributed by atoms with Crippen molar-refractivity contribution in [3.63, 3.8) is 0 Å². The van der Waals surface area contributed by atoms with Crippen molar-refractivity contribution in [2.75, 3.05) is 11.9 Å². The molecule has 3 aromatic rings. The molecule has 34 heavy (non-hydrogen) atoms. The molecule has 0 spiro atoms. The van der Waals surface area contributed by atoms with Gasteiger partial charge in [0.2, 0.25) is 0 Å². The highest BCUT2D eigenvalue weighted by atomic mass is 16.5. The quantitative estimate of drug-likeness (QED) is 0.502. The Hall–Kier alpha value is -3.93. The first-order valence-electron chi connectivity index (χ1n) is 11.5. The van der Waals surface area contributed by atoms with Gasteiger partial charge in [0, 0.05) is 12.1 Å². The van der Waals surface area contributed by atoms with Gasteiger partial charge in [-0.1, -0.05) is 62.4 Å². The lowest BCUT2D eigenvalue weighted by atomic mass is 9.93. The average Bonchev–Trinajstić information content (AvgIpc) is 2.87. The highest BCUT2D eigenvalue weighted by Crippen LogP contribution is 2.31. The smallest absolute Gasteiger partial charge is 0.339 e. The first kappa shape index (κ1) is 23.2. The molecule has 6 nitrogen and oxygen atoms in total. The van der Waals surface area contributed by atoms with Crippen molar-refractivity contribution in [2.45, 2.75) is 39.2 Å². The van der Waals surface area contributed by atoms with Crippen molar-refractivity contribution in [1.29, 1.82) is 0 Å². The van der Waals surface area contributed by atoms with E-state index in [2.05, 4.69) is 5.32 Å². The first-order chi connectivity index (χ1) is 16.5. The number of ether oxygens (including phenoxy) is 2. The molecule has 1 aliphatic rings. The number of carbonyl (C=O) groups is 3. The van der Waals surface area contributed by atoms with Gasteiger partial charge in [-0.3, -0.25) is 4.79 Å². The van der Waals surface area contributed by atoms with Crippen molar-refractivity contribution in [3.8, 4) is 0 Å². The third-order valence-electron chi connectivity index (χ3n) is 5.98. The van der Waals surface area contributed by atoms with Crippen LogP contribution in [0.3, 0.4) is 0 Å². The van der Waals surface area contributed by atoms with Crippen molar-refractivity contribution in [1.82, 2.24) is 0 Å². The molecule has 1 aliphatic heterocycles. The lowest BCUT2D eigenvalue weighted by molar-refractivity contribution is -0.119. The zero-order valence-electron chi connectivity index (χ0n) is 19.3. The predicted molar refractivity (Wildman–Crippen MR) is 129 cm³/mol. The molecule has 6 heteroatoms. The number of fused-ring (bicyclic) bond motifs is 1. The zero-order chi connectivity index (χ0) is 24.1. The molecule has 0 fully saturated rings. The van der Waals surface area contributed by atoms with Crippen molar-refractivity contribution >= 4 is 23.5 Å². The Bertz CT molecular complexity index is 1200. The lowest BCUT2D eigenvalue weighted by Gasteiger charge is -2.25. The highest BCUT2D eigenvalue weighted by molar-refractivity contribution is 5.98. The lowest BCUT2D eigenvalue weighted by Crippen LogP contribution is -2.24. The number of hydrogen-bond donors (Lipinski definition) is 1. The number of para-hydroxylation sites is 1. The number of carbonyl (C=O) groups excluding carboxylic acids is 3. The number of nitrogens with one attached hydrogen (secondary N) is 1. The Balaban J connectivity index is 1.43. The van der Waals surface area contributed by atoms with Gasteiger partial charge in [-0.25, -0.2) is 9.59 Å². The summed E-state index contributed by atoms with van der Waals surface area (Å²) < 4.78 is 10.8. The van der Waals surface area contributed by atoms with Gasteiger partial charge in [0.1, 0.15) is 6.10 Å². The fraction of sp³-hybridized carbons (Fsp3) is 0.250. The summed E-state index contributed by atoms with van der Waals surface area (Å²) in [5.41, 5.74) is 5.19. The molecule has 0 aromatic heterocycles. The monoisotopic (exact) mass is 457 g/mol. The molecule has 0 saturated carbocycles. The van der Waals surface area contributed by atoms with E-state index in [1.165, 1.54) is 6.07 Å². The highest BCUT2D eigenvalue weighted by Gasteiger charge is 2.28. The molecular weight excluding hydrogens is 430 g/mol. The number of anilines is 1. The summed E-state index contributed by atoms with van der Waals surface area (Å²) in [5.74, 6) is -1.43. The summed E-state index contributed by atoms with van der Waals surface area (Å²) in [6.45, 7) is 3.66. The van der Waals surface area contributed by atoms with Gasteiger partial charge in [-0.05, 0) is 53.3 Å². The van der Waals surface area contributed by atoms with E-state index in [1.54, 1.807) is 12.1 Å². The summed E-state index contributed by atoms with van der Waals surface area (Å²) in [6.07, 6.45) is 1.61. The Morgan fingerprint density at radius 1 is 0.971 bits per heavy atom. The SMILES string of the molecule is CCc1cccc(CC)c1NC(=O)COC(=O)c1ccc2c(c1)CC(c1ccccc1)OC2=O. The molecule has 174 valence electrons. The molecule has 3 aromatic carbocycles. The number of cyclic esters (lactones) is 1. The molecule has 1 heterocycles. The Labute approximate surface area is 198 Å². The minimum absolute atomic E-state index is 0.288. The van der Waals surface area contributed by atoms with E-state index in [9.17, 15) is 14.4 Å². The molecular formula is C28H27NO5. The normalized spacial score (nSPS) is 14.6. The minimum atomic E-state index is -0.618. The number of esters is 2. The van der Waals surface area contributed by atoms with E-state index >= 15 is 0 Å². The second kappa shape index (κ2) is 10.3. The molecule has 1 amide bonds. The van der Waals surface area contributed by atoms with Gasteiger partial charge in [-0.15, -0.1) is 0 Å². The number of amides is 1. The van der Waals surface area contributed by atoms with E-state index in [1.807, 2.05) is 62.4 Å². The zero-order valence-corrected chi connectivity index (χ0v) is 19.3. The first-order valence-corrected chi connectivity index (χ1v) is 11.5. The van der Waals surface area contributed by atoms with E-state index in [4.69, 9.17) is 9.47 Å². The van der Waals surface area contributed by atoms with Crippen LogP contribution in [0.2, 0.25) is 0 Å². The van der Waals surface area contributed by atoms with Crippen LogP contribution in [0.15, 0.2) is 66.7 Å². The average molecular weight is 458 g/mol. The van der Waals surface area contributed by atoms with Crippen molar-refractivity contribution < 1.29 is 23.9 Å². The van der Waals surface area contributed by atoms with Crippen LogP contribution in [0.5, 0.6) is 0 Å². The molecule has 1 N–H and O–H groups in total.